The molecule has 0 N–H and O–H groups in total. The molecule has 2 aromatic rings. The number of carbonyl (C=O) groups excluding carboxylic acids is 1. The number of aromatic nitrogens is 3. The Morgan fingerprint density at radius 1 is 1.22 bits per heavy atom. The van der Waals surface area contributed by atoms with Crippen LogP contribution in [0.5, 0.6) is 0 Å². The smallest absolute Gasteiger partial charge is 0.276 e. The predicted molar refractivity (Wildman–Crippen MR) is 107 cm³/mol. The number of likely N-dealkylation sites (tertiary alicyclic amines) is 1. The van der Waals surface area contributed by atoms with Gasteiger partial charge in [-0.05, 0) is 58.2 Å². The van der Waals surface area contributed by atoms with E-state index < -0.39 is 0 Å². The van der Waals surface area contributed by atoms with E-state index in [2.05, 4.69) is 45.5 Å². The quantitative estimate of drug-likeness (QED) is 0.718. The van der Waals surface area contributed by atoms with Crippen molar-refractivity contribution in [3.63, 3.8) is 0 Å². The van der Waals surface area contributed by atoms with Crippen molar-refractivity contribution < 1.29 is 4.79 Å². The van der Waals surface area contributed by atoms with Gasteiger partial charge in [0.15, 0.2) is 5.69 Å². The molecule has 27 heavy (non-hydrogen) atoms. The standard InChI is InChI=1S/C21H31N5O/c1-3-25(4-2)21(27)20-17-26(23-22-20)19-13-9-15-24(16-19)14-8-12-18-10-6-5-7-11-18/h5-7,10-11,17,19H,3-4,8-9,12-16H2,1-2H3/t19-/m0/s1. The van der Waals surface area contributed by atoms with Crippen LogP contribution in [0.15, 0.2) is 36.5 Å². The van der Waals surface area contributed by atoms with E-state index in [9.17, 15) is 4.79 Å². The molecule has 1 aliphatic heterocycles. The lowest BCUT2D eigenvalue weighted by Gasteiger charge is -2.32. The highest BCUT2D eigenvalue weighted by Crippen LogP contribution is 2.21. The summed E-state index contributed by atoms with van der Waals surface area (Å²) in [6.07, 6.45) is 6.37. The Balaban J connectivity index is 1.53. The van der Waals surface area contributed by atoms with Gasteiger partial charge in [-0.15, -0.1) is 5.10 Å². The average molecular weight is 370 g/mol. The molecule has 0 bridgehead atoms. The maximum Gasteiger partial charge on any atom is 0.276 e. The fourth-order valence-electron chi connectivity index (χ4n) is 3.83. The fraction of sp³-hybridized carbons (Fsp3) is 0.571. The topological polar surface area (TPSA) is 54.3 Å². The highest BCUT2D eigenvalue weighted by molar-refractivity contribution is 5.91. The lowest BCUT2D eigenvalue weighted by atomic mass is 10.0. The predicted octanol–water partition coefficient (Wildman–Crippen LogP) is 3.03. The maximum absolute atomic E-state index is 12.4. The first-order valence-electron chi connectivity index (χ1n) is 10.2. The highest BCUT2D eigenvalue weighted by atomic mass is 16.2. The molecule has 2 heterocycles. The maximum atomic E-state index is 12.4. The van der Waals surface area contributed by atoms with E-state index in [-0.39, 0.29) is 5.91 Å². The zero-order valence-electron chi connectivity index (χ0n) is 16.5. The van der Waals surface area contributed by atoms with E-state index in [1.54, 1.807) is 4.90 Å². The molecule has 1 atom stereocenters. The first-order valence-corrected chi connectivity index (χ1v) is 10.2. The molecule has 1 fully saturated rings. The van der Waals surface area contributed by atoms with Crippen LogP contribution in [0.25, 0.3) is 0 Å². The molecule has 0 aliphatic carbocycles. The number of hydrogen-bond donors (Lipinski definition) is 0. The minimum atomic E-state index is -0.0261. The monoisotopic (exact) mass is 369 g/mol. The van der Waals surface area contributed by atoms with Gasteiger partial charge in [0.2, 0.25) is 0 Å². The van der Waals surface area contributed by atoms with Crippen LogP contribution >= 0.6 is 0 Å². The van der Waals surface area contributed by atoms with Crippen molar-refractivity contribution in [3.8, 4) is 0 Å². The summed E-state index contributed by atoms with van der Waals surface area (Å²) in [4.78, 5) is 16.7. The van der Waals surface area contributed by atoms with Crippen LogP contribution in [0, 0.1) is 0 Å². The number of nitrogens with zero attached hydrogens (tertiary/aromatic N) is 5. The van der Waals surface area contributed by atoms with Crippen molar-refractivity contribution >= 4 is 5.91 Å². The number of hydrogen-bond acceptors (Lipinski definition) is 4. The molecular weight excluding hydrogens is 338 g/mol. The molecular formula is C21H31N5O. The Hall–Kier alpha value is -2.21. The third-order valence-electron chi connectivity index (χ3n) is 5.42. The van der Waals surface area contributed by atoms with Gasteiger partial charge in [-0.3, -0.25) is 4.79 Å². The number of piperidine rings is 1. The number of rotatable bonds is 8. The Labute approximate surface area is 162 Å². The lowest BCUT2D eigenvalue weighted by Crippen LogP contribution is -2.37. The average Bonchev–Trinajstić information content (AvgIpc) is 3.20. The molecule has 146 valence electrons. The molecule has 1 aromatic heterocycles. The zero-order chi connectivity index (χ0) is 19.1. The molecule has 6 nitrogen and oxygen atoms in total. The lowest BCUT2D eigenvalue weighted by molar-refractivity contribution is 0.0767. The number of carbonyl (C=O) groups is 1. The van der Waals surface area contributed by atoms with Crippen molar-refractivity contribution in [2.75, 3.05) is 32.7 Å². The van der Waals surface area contributed by atoms with Crippen LogP contribution in [0.4, 0.5) is 0 Å². The Bertz CT molecular complexity index is 710. The van der Waals surface area contributed by atoms with Crippen molar-refractivity contribution in [3.05, 3.63) is 47.8 Å². The normalized spacial score (nSPS) is 17.8. The summed E-state index contributed by atoms with van der Waals surface area (Å²) in [5, 5.41) is 8.40. The van der Waals surface area contributed by atoms with Gasteiger partial charge in [-0.2, -0.15) is 0 Å². The van der Waals surface area contributed by atoms with Crippen LogP contribution in [0.2, 0.25) is 0 Å². The van der Waals surface area contributed by atoms with Crippen molar-refractivity contribution in [2.45, 2.75) is 45.6 Å². The Kier molecular flexibility index (Phi) is 6.98. The first-order chi connectivity index (χ1) is 13.2. The molecule has 0 unspecified atom stereocenters. The molecule has 1 amide bonds. The van der Waals surface area contributed by atoms with E-state index in [0.29, 0.717) is 24.8 Å². The van der Waals surface area contributed by atoms with E-state index in [0.717, 1.165) is 38.9 Å². The summed E-state index contributed by atoms with van der Waals surface area (Å²) < 4.78 is 1.90. The second-order valence-electron chi connectivity index (χ2n) is 7.25. The Morgan fingerprint density at radius 2 is 2.00 bits per heavy atom. The molecule has 3 rings (SSSR count). The van der Waals surface area contributed by atoms with Gasteiger partial charge in [0, 0.05) is 19.6 Å². The molecule has 0 spiro atoms. The van der Waals surface area contributed by atoms with Crippen LogP contribution in [-0.4, -0.2) is 63.4 Å². The summed E-state index contributed by atoms with van der Waals surface area (Å²) in [7, 11) is 0. The van der Waals surface area contributed by atoms with Crippen LogP contribution in [-0.2, 0) is 6.42 Å². The number of amides is 1. The summed E-state index contributed by atoms with van der Waals surface area (Å²) in [6.45, 7) is 8.59. The Morgan fingerprint density at radius 3 is 2.74 bits per heavy atom. The molecule has 1 aromatic carbocycles. The second-order valence-corrected chi connectivity index (χ2v) is 7.25. The zero-order valence-corrected chi connectivity index (χ0v) is 16.5. The third kappa shape index (κ3) is 5.16. The van der Waals surface area contributed by atoms with Gasteiger partial charge >= 0.3 is 0 Å². The SMILES string of the molecule is CCN(CC)C(=O)c1cn([C@H]2CCCN(CCCc3ccccc3)C2)nn1. The van der Waals surface area contributed by atoms with Crippen LogP contribution in [0.3, 0.4) is 0 Å². The van der Waals surface area contributed by atoms with Gasteiger partial charge in [-0.25, -0.2) is 4.68 Å². The van der Waals surface area contributed by atoms with Gasteiger partial charge in [0.25, 0.3) is 5.91 Å². The molecule has 0 saturated carbocycles. The number of aryl methyl sites for hydroxylation is 1. The van der Waals surface area contributed by atoms with Gasteiger partial charge in [0.05, 0.1) is 12.2 Å². The summed E-state index contributed by atoms with van der Waals surface area (Å²) in [5.41, 5.74) is 1.86. The van der Waals surface area contributed by atoms with Crippen molar-refractivity contribution in [1.82, 2.24) is 24.8 Å². The second kappa shape index (κ2) is 9.65. The van der Waals surface area contributed by atoms with Crippen molar-refractivity contribution in [1.29, 1.82) is 0 Å². The summed E-state index contributed by atoms with van der Waals surface area (Å²) in [5.74, 6) is -0.0261. The largest absolute Gasteiger partial charge is 0.338 e. The molecule has 1 saturated heterocycles. The van der Waals surface area contributed by atoms with Crippen molar-refractivity contribution in [2.24, 2.45) is 0 Å². The van der Waals surface area contributed by atoms with Crippen LogP contribution in [0.1, 0.15) is 55.2 Å². The molecule has 0 radical (unpaired) electrons. The minimum Gasteiger partial charge on any atom is -0.338 e. The number of benzene rings is 1. The summed E-state index contributed by atoms with van der Waals surface area (Å²) in [6, 6.07) is 11.0. The highest BCUT2D eigenvalue weighted by Gasteiger charge is 2.24. The van der Waals surface area contributed by atoms with Gasteiger partial charge < -0.3 is 9.80 Å². The van der Waals surface area contributed by atoms with E-state index in [1.165, 1.54) is 12.0 Å². The van der Waals surface area contributed by atoms with E-state index in [1.807, 2.05) is 24.7 Å². The van der Waals surface area contributed by atoms with Gasteiger partial charge in [0.1, 0.15) is 0 Å². The van der Waals surface area contributed by atoms with Crippen LogP contribution < -0.4 is 0 Å². The van der Waals surface area contributed by atoms with Gasteiger partial charge in [-0.1, -0.05) is 35.5 Å². The van der Waals surface area contributed by atoms with E-state index >= 15 is 0 Å². The fourth-order valence-corrected chi connectivity index (χ4v) is 3.83. The molecule has 6 heteroatoms. The van der Waals surface area contributed by atoms with E-state index in [4.69, 9.17) is 0 Å². The minimum absolute atomic E-state index is 0.0261. The first kappa shape index (κ1) is 19.5. The molecule has 1 aliphatic rings. The summed E-state index contributed by atoms with van der Waals surface area (Å²) >= 11 is 0. The third-order valence-corrected chi connectivity index (χ3v) is 5.42.